The molecule has 0 saturated carbocycles. The topological polar surface area (TPSA) is 103 Å². The number of anilines is 1. The molecule has 0 spiro atoms. The molecular weight excluding hydrogens is 380 g/mol. The molecule has 5 aromatic heterocycles. The van der Waals surface area contributed by atoms with Crippen LogP contribution >= 0.6 is 0 Å². The summed E-state index contributed by atoms with van der Waals surface area (Å²) in [6, 6.07) is 9.60. The zero-order valence-electron chi connectivity index (χ0n) is 16.4. The molecule has 5 heterocycles. The second-order valence-electron chi connectivity index (χ2n) is 6.81. The van der Waals surface area contributed by atoms with Gasteiger partial charge in [-0.15, -0.1) is 10.2 Å². The number of nitrogens with zero attached hydrogens (tertiary/aromatic N) is 7. The second kappa shape index (κ2) is 7.36. The largest absolute Gasteiger partial charge is 0.495 e. The summed E-state index contributed by atoms with van der Waals surface area (Å²) >= 11 is 0. The molecule has 0 aliphatic carbocycles. The van der Waals surface area contributed by atoms with Gasteiger partial charge < -0.3 is 10.1 Å². The first-order valence-electron chi connectivity index (χ1n) is 9.37. The summed E-state index contributed by atoms with van der Waals surface area (Å²) < 4.78 is 6.97. The van der Waals surface area contributed by atoms with Gasteiger partial charge in [0, 0.05) is 30.2 Å². The van der Waals surface area contributed by atoms with Gasteiger partial charge in [0.15, 0.2) is 11.5 Å². The number of pyridine rings is 3. The molecule has 0 fully saturated rings. The van der Waals surface area contributed by atoms with Crippen LogP contribution in [0.5, 0.6) is 5.75 Å². The molecule has 9 nitrogen and oxygen atoms in total. The Bertz CT molecular complexity index is 1360. The number of nitrogens with one attached hydrogen (secondary N) is 1. The van der Waals surface area contributed by atoms with Crippen molar-refractivity contribution in [3.8, 4) is 17.0 Å². The van der Waals surface area contributed by atoms with E-state index in [0.29, 0.717) is 23.8 Å². The molecule has 0 atom stereocenters. The molecule has 0 bridgehead atoms. The number of ether oxygens (including phenoxy) is 1. The number of methoxy groups -OCH3 is 1. The highest BCUT2D eigenvalue weighted by Gasteiger charge is 2.11. The Morgan fingerprint density at radius 2 is 1.97 bits per heavy atom. The van der Waals surface area contributed by atoms with Gasteiger partial charge in [-0.2, -0.15) is 9.61 Å². The van der Waals surface area contributed by atoms with Gasteiger partial charge >= 0.3 is 0 Å². The number of fused-ring (bicyclic) bond motifs is 2. The number of hydrogen-bond donors (Lipinski definition) is 1. The summed E-state index contributed by atoms with van der Waals surface area (Å²) in [5, 5.41) is 16.6. The van der Waals surface area contributed by atoms with Crippen LogP contribution < -0.4 is 10.1 Å². The van der Waals surface area contributed by atoms with Gasteiger partial charge in [0.2, 0.25) is 0 Å². The van der Waals surface area contributed by atoms with E-state index in [1.54, 1.807) is 30.2 Å². The first-order chi connectivity index (χ1) is 14.7. The van der Waals surface area contributed by atoms with E-state index in [-0.39, 0.29) is 0 Å². The van der Waals surface area contributed by atoms with Gasteiger partial charge in [0.25, 0.3) is 0 Å². The van der Waals surface area contributed by atoms with Crippen molar-refractivity contribution in [1.29, 1.82) is 0 Å². The summed E-state index contributed by atoms with van der Waals surface area (Å²) in [6.07, 6.45) is 7.02. The Hall–Kier alpha value is -4.14. The molecular formula is C21H18N8O. The first-order valence-corrected chi connectivity index (χ1v) is 9.37. The van der Waals surface area contributed by atoms with Crippen LogP contribution in [0.15, 0.2) is 55.1 Å². The van der Waals surface area contributed by atoms with Crippen LogP contribution in [0.25, 0.3) is 27.9 Å². The van der Waals surface area contributed by atoms with Crippen molar-refractivity contribution in [2.75, 3.05) is 12.4 Å². The smallest absolute Gasteiger partial charge is 0.178 e. The van der Waals surface area contributed by atoms with Gasteiger partial charge in [-0.25, -0.2) is 4.98 Å². The van der Waals surface area contributed by atoms with Crippen molar-refractivity contribution < 1.29 is 4.74 Å². The summed E-state index contributed by atoms with van der Waals surface area (Å²) in [7, 11) is 1.61. The Balaban J connectivity index is 1.46. The van der Waals surface area contributed by atoms with Crippen molar-refractivity contribution in [3.05, 3.63) is 66.5 Å². The lowest BCUT2D eigenvalue weighted by Gasteiger charge is -2.09. The predicted molar refractivity (Wildman–Crippen MR) is 112 cm³/mol. The normalized spacial score (nSPS) is 11.1. The number of hydrogen-bond acceptors (Lipinski definition) is 8. The molecule has 148 valence electrons. The van der Waals surface area contributed by atoms with Crippen LogP contribution in [-0.4, -0.2) is 41.9 Å². The van der Waals surface area contributed by atoms with Crippen molar-refractivity contribution in [3.63, 3.8) is 0 Å². The third kappa shape index (κ3) is 3.26. The summed E-state index contributed by atoms with van der Waals surface area (Å²) in [6.45, 7) is 2.43. The second-order valence-corrected chi connectivity index (χ2v) is 6.81. The fraction of sp³-hybridized carbons (Fsp3) is 0.143. The molecule has 5 aromatic rings. The molecule has 0 aliphatic rings. The molecule has 0 radical (unpaired) electrons. The van der Waals surface area contributed by atoms with E-state index >= 15 is 0 Å². The minimum atomic E-state index is 0.427. The molecule has 0 amide bonds. The van der Waals surface area contributed by atoms with Gasteiger partial charge in [-0.3, -0.25) is 9.97 Å². The van der Waals surface area contributed by atoms with Crippen LogP contribution in [0.2, 0.25) is 0 Å². The highest BCUT2D eigenvalue weighted by molar-refractivity contribution is 5.87. The third-order valence-corrected chi connectivity index (χ3v) is 4.72. The summed E-state index contributed by atoms with van der Waals surface area (Å²) in [4.78, 5) is 13.1. The number of aromatic nitrogens is 7. The van der Waals surface area contributed by atoms with Crippen LogP contribution in [0, 0.1) is 6.92 Å². The fourth-order valence-electron chi connectivity index (χ4n) is 3.23. The monoisotopic (exact) mass is 398 g/mol. The Morgan fingerprint density at radius 3 is 2.83 bits per heavy atom. The standard InChI is InChI=1S/C21H18N8O/c1-13-7-14(10-22-9-13)16-3-4-19-26-27-20(29(19)28-16)12-24-17-5-6-23-18-8-15(30-2)11-25-21(17)18/h3-11H,12H2,1-2H3,(H,23,24). The molecule has 0 aliphatic heterocycles. The van der Waals surface area contributed by atoms with Crippen LogP contribution in [0.4, 0.5) is 5.69 Å². The van der Waals surface area contributed by atoms with E-state index < -0.39 is 0 Å². The van der Waals surface area contributed by atoms with Crippen molar-refractivity contribution in [2.45, 2.75) is 13.5 Å². The van der Waals surface area contributed by atoms with E-state index in [1.165, 1.54) is 0 Å². The van der Waals surface area contributed by atoms with E-state index in [1.807, 2.05) is 43.5 Å². The van der Waals surface area contributed by atoms with Crippen LogP contribution in [0.1, 0.15) is 11.4 Å². The molecule has 30 heavy (non-hydrogen) atoms. The molecule has 0 unspecified atom stereocenters. The SMILES string of the molecule is COc1cnc2c(NCc3nnc4ccc(-c5cncc(C)c5)nn34)ccnc2c1. The average Bonchev–Trinajstić information content (AvgIpc) is 3.19. The maximum atomic E-state index is 5.23. The summed E-state index contributed by atoms with van der Waals surface area (Å²) in [5.41, 5.74) is 5.86. The van der Waals surface area contributed by atoms with Gasteiger partial charge in [-0.05, 0) is 36.8 Å². The minimum absolute atomic E-state index is 0.427. The lowest BCUT2D eigenvalue weighted by atomic mass is 10.1. The minimum Gasteiger partial charge on any atom is -0.495 e. The summed E-state index contributed by atoms with van der Waals surface area (Å²) in [5.74, 6) is 1.35. The van der Waals surface area contributed by atoms with Gasteiger partial charge in [-0.1, -0.05) is 0 Å². The number of rotatable bonds is 5. The Morgan fingerprint density at radius 1 is 1.03 bits per heavy atom. The van der Waals surface area contributed by atoms with Gasteiger partial charge in [0.05, 0.1) is 36.7 Å². The van der Waals surface area contributed by atoms with Crippen molar-refractivity contribution in [1.82, 2.24) is 34.8 Å². The molecule has 1 N–H and O–H groups in total. The molecule has 0 saturated heterocycles. The lowest BCUT2D eigenvalue weighted by Crippen LogP contribution is -2.07. The van der Waals surface area contributed by atoms with Crippen LogP contribution in [0.3, 0.4) is 0 Å². The molecule has 9 heteroatoms. The molecule has 5 rings (SSSR count). The zero-order chi connectivity index (χ0) is 20.5. The quantitative estimate of drug-likeness (QED) is 0.482. The fourth-order valence-corrected chi connectivity index (χ4v) is 3.23. The predicted octanol–water partition coefficient (Wildman–Crippen LogP) is 3.06. The van der Waals surface area contributed by atoms with E-state index in [2.05, 4.69) is 30.5 Å². The van der Waals surface area contributed by atoms with Gasteiger partial charge in [0.1, 0.15) is 11.3 Å². The van der Waals surface area contributed by atoms with E-state index in [0.717, 1.165) is 33.5 Å². The van der Waals surface area contributed by atoms with E-state index in [9.17, 15) is 0 Å². The average molecular weight is 398 g/mol. The van der Waals surface area contributed by atoms with Crippen molar-refractivity contribution in [2.24, 2.45) is 0 Å². The number of aryl methyl sites for hydroxylation is 1. The zero-order valence-corrected chi connectivity index (χ0v) is 16.4. The highest BCUT2D eigenvalue weighted by atomic mass is 16.5. The lowest BCUT2D eigenvalue weighted by molar-refractivity contribution is 0.413. The van der Waals surface area contributed by atoms with Crippen molar-refractivity contribution >= 4 is 22.4 Å². The maximum Gasteiger partial charge on any atom is 0.178 e. The maximum absolute atomic E-state index is 5.23. The Kier molecular flexibility index (Phi) is 4.40. The third-order valence-electron chi connectivity index (χ3n) is 4.72. The highest BCUT2D eigenvalue weighted by Crippen LogP contribution is 2.23. The molecule has 0 aromatic carbocycles. The Labute approximate surface area is 171 Å². The van der Waals surface area contributed by atoms with E-state index in [4.69, 9.17) is 9.84 Å². The van der Waals surface area contributed by atoms with Crippen LogP contribution in [-0.2, 0) is 6.54 Å². The first kappa shape index (κ1) is 17.9.